The Labute approximate surface area is 143 Å². The lowest BCUT2D eigenvalue weighted by molar-refractivity contribution is -0.147. The molecule has 1 amide bonds. The quantitative estimate of drug-likeness (QED) is 0.762. The minimum Gasteiger partial charge on any atom is -0.376 e. The molecule has 23 heavy (non-hydrogen) atoms. The van der Waals surface area contributed by atoms with Crippen molar-refractivity contribution in [2.24, 2.45) is 23.7 Å². The number of hydrogen-bond donors (Lipinski definition) is 0. The molecule has 2 aliphatic heterocycles. The standard InChI is InChI=1S/C20H37NO2/c1-12(2)18-9-8-14(5)21(18)20(22)19(13(3)4)17-10-15(6)23-16(7)11-17/h12-19H,8-11H2,1-7H3/t14?,15?,16?,17?,18-,19?/m0/s1. The summed E-state index contributed by atoms with van der Waals surface area (Å²) >= 11 is 0. The molecule has 0 saturated carbocycles. The first-order valence-electron chi connectivity index (χ1n) is 9.70. The summed E-state index contributed by atoms with van der Waals surface area (Å²) in [6.07, 6.45) is 4.90. The molecule has 2 saturated heterocycles. The molecule has 3 heteroatoms. The van der Waals surface area contributed by atoms with Crippen LogP contribution in [0.1, 0.15) is 74.1 Å². The van der Waals surface area contributed by atoms with Gasteiger partial charge in [0.05, 0.1) is 12.2 Å². The van der Waals surface area contributed by atoms with E-state index in [4.69, 9.17) is 4.74 Å². The molecule has 5 atom stereocenters. The highest BCUT2D eigenvalue weighted by Gasteiger charge is 2.43. The highest BCUT2D eigenvalue weighted by molar-refractivity contribution is 5.80. The maximum atomic E-state index is 13.5. The molecule has 0 aliphatic carbocycles. The molecular formula is C20H37NO2. The van der Waals surface area contributed by atoms with Crippen molar-refractivity contribution in [1.29, 1.82) is 0 Å². The summed E-state index contributed by atoms with van der Waals surface area (Å²) in [5.41, 5.74) is 0. The average molecular weight is 324 g/mol. The first kappa shape index (κ1) is 18.8. The molecule has 4 unspecified atom stereocenters. The molecule has 2 heterocycles. The Balaban J connectivity index is 2.21. The number of rotatable bonds is 4. The third kappa shape index (κ3) is 4.10. The van der Waals surface area contributed by atoms with Crippen LogP contribution in [0.5, 0.6) is 0 Å². The van der Waals surface area contributed by atoms with Crippen LogP contribution in [0, 0.1) is 23.7 Å². The van der Waals surface area contributed by atoms with Gasteiger partial charge in [0.15, 0.2) is 0 Å². The maximum absolute atomic E-state index is 13.5. The van der Waals surface area contributed by atoms with Crippen LogP contribution in [-0.4, -0.2) is 35.1 Å². The van der Waals surface area contributed by atoms with Crippen molar-refractivity contribution >= 4 is 5.91 Å². The van der Waals surface area contributed by atoms with Gasteiger partial charge in [0.2, 0.25) is 5.91 Å². The monoisotopic (exact) mass is 323 g/mol. The van der Waals surface area contributed by atoms with Crippen LogP contribution in [0.25, 0.3) is 0 Å². The Hall–Kier alpha value is -0.570. The van der Waals surface area contributed by atoms with Gasteiger partial charge in [0.25, 0.3) is 0 Å². The van der Waals surface area contributed by atoms with Crippen LogP contribution in [0.3, 0.4) is 0 Å². The molecule has 0 aromatic rings. The smallest absolute Gasteiger partial charge is 0.226 e. The van der Waals surface area contributed by atoms with E-state index >= 15 is 0 Å². The van der Waals surface area contributed by atoms with Gasteiger partial charge in [-0.25, -0.2) is 0 Å². The summed E-state index contributed by atoms with van der Waals surface area (Å²) in [5, 5.41) is 0. The van der Waals surface area contributed by atoms with Crippen molar-refractivity contribution in [2.75, 3.05) is 0 Å². The number of carbonyl (C=O) groups excluding carboxylic acids is 1. The second kappa shape index (κ2) is 7.55. The zero-order valence-corrected chi connectivity index (χ0v) is 16.2. The van der Waals surface area contributed by atoms with E-state index in [1.807, 2.05) is 0 Å². The second-order valence-electron chi connectivity index (χ2n) is 8.74. The van der Waals surface area contributed by atoms with Crippen molar-refractivity contribution in [3.05, 3.63) is 0 Å². The van der Waals surface area contributed by atoms with Crippen molar-refractivity contribution in [3.63, 3.8) is 0 Å². The number of amides is 1. The number of hydrogen-bond acceptors (Lipinski definition) is 2. The van der Waals surface area contributed by atoms with Gasteiger partial charge in [0, 0.05) is 18.0 Å². The molecule has 2 aliphatic rings. The highest BCUT2D eigenvalue weighted by atomic mass is 16.5. The van der Waals surface area contributed by atoms with Gasteiger partial charge in [-0.05, 0) is 64.2 Å². The summed E-state index contributed by atoms with van der Waals surface area (Å²) < 4.78 is 5.91. The fourth-order valence-electron chi connectivity index (χ4n) is 5.01. The van der Waals surface area contributed by atoms with Crippen LogP contribution >= 0.6 is 0 Å². The summed E-state index contributed by atoms with van der Waals surface area (Å²) in [5.74, 6) is 1.96. The number of carbonyl (C=O) groups is 1. The minimum atomic E-state index is 0.144. The van der Waals surface area contributed by atoms with Gasteiger partial charge in [-0.2, -0.15) is 0 Å². The summed E-state index contributed by atoms with van der Waals surface area (Å²) in [4.78, 5) is 15.8. The van der Waals surface area contributed by atoms with E-state index in [0.29, 0.717) is 35.7 Å². The van der Waals surface area contributed by atoms with Gasteiger partial charge in [-0.1, -0.05) is 27.7 Å². The van der Waals surface area contributed by atoms with Gasteiger partial charge >= 0.3 is 0 Å². The fourth-order valence-corrected chi connectivity index (χ4v) is 5.01. The Morgan fingerprint density at radius 2 is 1.57 bits per heavy atom. The summed E-state index contributed by atoms with van der Waals surface area (Å²) in [6.45, 7) is 15.5. The maximum Gasteiger partial charge on any atom is 0.226 e. The van der Waals surface area contributed by atoms with E-state index in [2.05, 4.69) is 53.4 Å². The molecule has 0 aromatic carbocycles. The Morgan fingerprint density at radius 3 is 2.04 bits per heavy atom. The van der Waals surface area contributed by atoms with E-state index in [9.17, 15) is 4.79 Å². The molecule has 0 spiro atoms. The second-order valence-corrected chi connectivity index (χ2v) is 8.74. The topological polar surface area (TPSA) is 29.5 Å². The average Bonchev–Trinajstić information content (AvgIpc) is 2.79. The van der Waals surface area contributed by atoms with Crippen molar-refractivity contribution < 1.29 is 9.53 Å². The van der Waals surface area contributed by atoms with Gasteiger partial charge in [0.1, 0.15) is 0 Å². The van der Waals surface area contributed by atoms with Crippen LogP contribution in [0.2, 0.25) is 0 Å². The normalized spacial score (nSPS) is 36.7. The Bertz CT molecular complexity index is 396. The molecule has 0 aromatic heterocycles. The zero-order chi connectivity index (χ0) is 17.3. The Kier molecular flexibility index (Phi) is 6.16. The predicted molar refractivity (Wildman–Crippen MR) is 95.2 cm³/mol. The van der Waals surface area contributed by atoms with Crippen molar-refractivity contribution in [1.82, 2.24) is 4.90 Å². The van der Waals surface area contributed by atoms with Crippen molar-refractivity contribution in [2.45, 2.75) is 98.4 Å². The summed E-state index contributed by atoms with van der Waals surface area (Å²) in [6, 6.07) is 0.819. The van der Waals surface area contributed by atoms with Crippen LogP contribution in [-0.2, 0) is 9.53 Å². The lowest BCUT2D eigenvalue weighted by Gasteiger charge is -2.41. The minimum absolute atomic E-state index is 0.144. The summed E-state index contributed by atoms with van der Waals surface area (Å²) in [7, 11) is 0. The van der Waals surface area contributed by atoms with Gasteiger partial charge < -0.3 is 9.64 Å². The lowest BCUT2D eigenvalue weighted by atomic mass is 9.75. The molecule has 0 radical (unpaired) electrons. The first-order valence-corrected chi connectivity index (χ1v) is 9.70. The van der Waals surface area contributed by atoms with Crippen molar-refractivity contribution in [3.8, 4) is 0 Å². The SMILES string of the molecule is CC1CC(C(C(=O)N2C(C)CC[C@H]2C(C)C)C(C)C)CC(C)O1. The van der Waals surface area contributed by atoms with Gasteiger partial charge in [-0.3, -0.25) is 4.79 Å². The largest absolute Gasteiger partial charge is 0.376 e. The zero-order valence-electron chi connectivity index (χ0n) is 16.2. The third-order valence-corrected chi connectivity index (χ3v) is 5.98. The number of likely N-dealkylation sites (tertiary alicyclic amines) is 1. The Morgan fingerprint density at radius 1 is 1.00 bits per heavy atom. The van der Waals surface area contributed by atoms with E-state index in [1.165, 1.54) is 0 Å². The molecule has 3 nitrogen and oxygen atoms in total. The fraction of sp³-hybridized carbons (Fsp3) is 0.950. The van der Waals surface area contributed by atoms with E-state index in [1.54, 1.807) is 0 Å². The first-order chi connectivity index (χ1) is 10.7. The molecule has 134 valence electrons. The molecule has 0 bridgehead atoms. The molecule has 0 N–H and O–H groups in total. The van der Waals surface area contributed by atoms with E-state index in [0.717, 1.165) is 25.7 Å². The predicted octanol–water partition coefficient (Wildman–Crippen LogP) is 4.50. The third-order valence-electron chi connectivity index (χ3n) is 5.98. The highest BCUT2D eigenvalue weighted by Crippen LogP contribution is 2.38. The molecule has 2 rings (SSSR count). The van der Waals surface area contributed by atoms with Crippen LogP contribution in [0.15, 0.2) is 0 Å². The van der Waals surface area contributed by atoms with E-state index < -0.39 is 0 Å². The molecular weight excluding hydrogens is 286 g/mol. The van der Waals surface area contributed by atoms with Crippen LogP contribution < -0.4 is 0 Å². The number of nitrogens with zero attached hydrogens (tertiary/aromatic N) is 1. The van der Waals surface area contributed by atoms with Crippen LogP contribution in [0.4, 0.5) is 0 Å². The van der Waals surface area contributed by atoms with Gasteiger partial charge in [-0.15, -0.1) is 0 Å². The number of ether oxygens (including phenoxy) is 1. The van der Waals surface area contributed by atoms with E-state index in [-0.39, 0.29) is 18.1 Å². The molecule has 2 fully saturated rings. The lowest BCUT2D eigenvalue weighted by Crippen LogP contribution is -2.49.